The molecule has 2 aromatic heterocycles. The smallest absolute Gasteiger partial charge is 0.0541 e. The second-order valence-corrected chi connectivity index (χ2v) is 11.5. The number of nitrogens with zero attached hydrogens (tertiary/aromatic N) is 2. The lowest BCUT2D eigenvalue weighted by atomic mass is 9.98. The molecule has 44 heavy (non-hydrogen) atoms. The minimum atomic E-state index is 0.807. The summed E-state index contributed by atoms with van der Waals surface area (Å²) in [4.78, 5) is 0. The Morgan fingerprint density at radius 1 is 0.409 bits per heavy atom. The van der Waals surface area contributed by atoms with E-state index in [1.54, 1.807) is 0 Å². The molecular weight excluding hydrogens is 532 g/mol. The maximum Gasteiger partial charge on any atom is 0.0541 e. The van der Waals surface area contributed by atoms with Gasteiger partial charge in [0, 0.05) is 32.9 Å². The zero-order valence-corrected chi connectivity index (χ0v) is 24.6. The third-order valence-corrected chi connectivity index (χ3v) is 8.78. The molecule has 2 heteroatoms. The molecule has 0 unspecified atom stereocenters. The summed E-state index contributed by atoms with van der Waals surface area (Å²) in [6.45, 7) is 7.95. The van der Waals surface area contributed by atoms with Crippen LogP contribution in [0.1, 0.15) is 11.1 Å². The maximum atomic E-state index is 4.06. The molecule has 0 atom stereocenters. The lowest BCUT2D eigenvalue weighted by Crippen LogP contribution is -1.97. The van der Waals surface area contributed by atoms with E-state index < -0.39 is 0 Å². The molecular formula is C42H32N2. The van der Waals surface area contributed by atoms with Crippen molar-refractivity contribution in [2.24, 2.45) is 0 Å². The topological polar surface area (TPSA) is 9.86 Å². The summed E-state index contributed by atoms with van der Waals surface area (Å²) in [5.41, 5.74) is 12.1. The van der Waals surface area contributed by atoms with Gasteiger partial charge in [-0.05, 0) is 89.7 Å². The number of hydrogen-bond acceptors (Lipinski definition) is 0. The molecule has 0 fully saturated rings. The fraction of sp³-hybridized carbons (Fsp3) is 0.0476. The highest BCUT2D eigenvalue weighted by atomic mass is 15.0. The van der Waals surface area contributed by atoms with Crippen LogP contribution >= 0.6 is 0 Å². The zero-order valence-electron chi connectivity index (χ0n) is 24.6. The maximum absolute atomic E-state index is 4.06. The highest BCUT2D eigenvalue weighted by molar-refractivity contribution is 6.11. The molecule has 0 saturated heterocycles. The standard InChI is InChI=1S/C42H32N2/c1-3-11-29-19-22-33(23-20-29)43-41-18-10-7-15-37(41)38-28-31(21-24-42(38)43)32-25-30(12-4-2)26-34(27-32)44-39-16-8-5-13-35(39)36-14-6-9-17-40(36)44/h3-10,13-28H,1-2,11-12H2. The quantitative estimate of drug-likeness (QED) is 0.170. The predicted molar refractivity (Wildman–Crippen MR) is 188 cm³/mol. The number of fused-ring (bicyclic) bond motifs is 6. The van der Waals surface area contributed by atoms with Crippen LogP contribution in [0.15, 0.2) is 159 Å². The van der Waals surface area contributed by atoms with E-state index in [0.717, 1.165) is 12.8 Å². The van der Waals surface area contributed by atoms with Crippen molar-refractivity contribution in [1.29, 1.82) is 0 Å². The molecule has 0 amide bonds. The predicted octanol–water partition coefficient (Wildman–Crippen LogP) is 11.0. The van der Waals surface area contributed by atoms with Crippen LogP contribution in [0, 0.1) is 0 Å². The molecule has 0 N–H and O–H groups in total. The molecule has 0 saturated carbocycles. The Morgan fingerprint density at radius 2 is 0.932 bits per heavy atom. The Labute approximate surface area is 257 Å². The average molecular weight is 565 g/mol. The first-order chi connectivity index (χ1) is 21.7. The Morgan fingerprint density at radius 3 is 1.55 bits per heavy atom. The van der Waals surface area contributed by atoms with Crippen molar-refractivity contribution in [3.63, 3.8) is 0 Å². The third-order valence-electron chi connectivity index (χ3n) is 8.78. The van der Waals surface area contributed by atoms with Gasteiger partial charge >= 0.3 is 0 Å². The van der Waals surface area contributed by atoms with Gasteiger partial charge in [0.15, 0.2) is 0 Å². The highest BCUT2D eigenvalue weighted by Gasteiger charge is 2.16. The number of rotatable bonds is 7. The van der Waals surface area contributed by atoms with Crippen molar-refractivity contribution in [3.8, 4) is 22.5 Å². The number of benzene rings is 6. The van der Waals surface area contributed by atoms with Gasteiger partial charge in [-0.3, -0.25) is 0 Å². The molecule has 8 aromatic rings. The first-order valence-corrected chi connectivity index (χ1v) is 15.2. The van der Waals surface area contributed by atoms with Crippen LogP contribution in [0.3, 0.4) is 0 Å². The van der Waals surface area contributed by atoms with E-state index in [0.29, 0.717) is 0 Å². The van der Waals surface area contributed by atoms with Gasteiger partial charge in [-0.15, -0.1) is 13.2 Å². The minimum Gasteiger partial charge on any atom is -0.309 e. The van der Waals surface area contributed by atoms with Crippen LogP contribution in [0.4, 0.5) is 0 Å². The van der Waals surface area contributed by atoms with E-state index in [-0.39, 0.29) is 0 Å². The average Bonchev–Trinajstić information content (AvgIpc) is 3.58. The van der Waals surface area contributed by atoms with Crippen LogP contribution in [0.2, 0.25) is 0 Å². The Bertz CT molecular complexity index is 2310. The van der Waals surface area contributed by atoms with Crippen LogP contribution in [-0.2, 0) is 12.8 Å². The summed E-state index contributed by atoms with van der Waals surface area (Å²) in [6.07, 6.45) is 5.62. The van der Waals surface area contributed by atoms with Crippen LogP contribution < -0.4 is 0 Å². The highest BCUT2D eigenvalue weighted by Crippen LogP contribution is 2.37. The Balaban J connectivity index is 1.34. The third kappa shape index (κ3) is 4.19. The Kier molecular flexibility index (Phi) is 6.27. The van der Waals surface area contributed by atoms with E-state index >= 15 is 0 Å². The van der Waals surface area contributed by atoms with Gasteiger partial charge in [-0.2, -0.15) is 0 Å². The Hall–Kier alpha value is -5.60. The van der Waals surface area contributed by atoms with E-state index in [4.69, 9.17) is 0 Å². The molecule has 0 aliphatic carbocycles. The van der Waals surface area contributed by atoms with Crippen LogP contribution in [0.5, 0.6) is 0 Å². The zero-order chi connectivity index (χ0) is 29.6. The van der Waals surface area contributed by atoms with Gasteiger partial charge < -0.3 is 9.13 Å². The summed E-state index contributed by atoms with van der Waals surface area (Å²) in [5, 5.41) is 5.04. The molecule has 210 valence electrons. The number of allylic oxidation sites excluding steroid dienone is 2. The molecule has 0 aliphatic heterocycles. The molecule has 0 bridgehead atoms. The van der Waals surface area contributed by atoms with Gasteiger partial charge in [0.2, 0.25) is 0 Å². The summed E-state index contributed by atoms with van der Waals surface area (Å²) in [6, 6.07) is 48.8. The van der Waals surface area contributed by atoms with E-state index in [2.05, 4.69) is 156 Å². The van der Waals surface area contributed by atoms with Gasteiger partial charge in [0.1, 0.15) is 0 Å². The molecule has 0 aliphatic rings. The SMILES string of the molecule is C=CCc1ccc(-n2c3ccccc3c3cc(-c4cc(CC=C)cc(-n5c6ccccc6c6ccccc65)c4)ccc32)cc1. The summed E-state index contributed by atoms with van der Waals surface area (Å²) >= 11 is 0. The van der Waals surface area contributed by atoms with E-state index in [1.165, 1.54) is 77.2 Å². The first kappa shape index (κ1) is 26.1. The van der Waals surface area contributed by atoms with Crippen LogP contribution in [-0.4, -0.2) is 9.13 Å². The number of aromatic nitrogens is 2. The fourth-order valence-electron chi connectivity index (χ4n) is 6.83. The normalized spacial score (nSPS) is 11.5. The number of hydrogen-bond donors (Lipinski definition) is 0. The van der Waals surface area contributed by atoms with Crippen molar-refractivity contribution in [2.45, 2.75) is 12.8 Å². The lowest BCUT2D eigenvalue weighted by Gasteiger charge is -2.14. The minimum absolute atomic E-state index is 0.807. The van der Waals surface area contributed by atoms with Crippen molar-refractivity contribution in [3.05, 3.63) is 170 Å². The molecule has 6 aromatic carbocycles. The molecule has 0 spiro atoms. The molecule has 2 heterocycles. The van der Waals surface area contributed by atoms with Crippen molar-refractivity contribution in [1.82, 2.24) is 9.13 Å². The second kappa shape index (κ2) is 10.6. The second-order valence-electron chi connectivity index (χ2n) is 11.5. The number of para-hydroxylation sites is 3. The van der Waals surface area contributed by atoms with Gasteiger partial charge in [0.05, 0.1) is 22.1 Å². The van der Waals surface area contributed by atoms with E-state index in [1.807, 2.05) is 12.2 Å². The molecule has 0 radical (unpaired) electrons. The van der Waals surface area contributed by atoms with Crippen molar-refractivity contribution >= 4 is 43.6 Å². The lowest BCUT2D eigenvalue weighted by molar-refractivity contribution is 1.16. The van der Waals surface area contributed by atoms with Gasteiger partial charge in [-0.1, -0.05) is 91.0 Å². The largest absolute Gasteiger partial charge is 0.309 e. The molecule has 2 nitrogen and oxygen atoms in total. The summed E-state index contributed by atoms with van der Waals surface area (Å²) in [7, 11) is 0. The van der Waals surface area contributed by atoms with Crippen molar-refractivity contribution in [2.75, 3.05) is 0 Å². The van der Waals surface area contributed by atoms with Gasteiger partial charge in [0.25, 0.3) is 0 Å². The molecule has 8 rings (SSSR count). The summed E-state index contributed by atoms with van der Waals surface area (Å²) in [5.74, 6) is 0. The van der Waals surface area contributed by atoms with Crippen molar-refractivity contribution < 1.29 is 0 Å². The summed E-state index contributed by atoms with van der Waals surface area (Å²) < 4.78 is 4.78. The fourth-order valence-corrected chi connectivity index (χ4v) is 6.83. The van der Waals surface area contributed by atoms with E-state index in [9.17, 15) is 0 Å². The first-order valence-electron chi connectivity index (χ1n) is 15.2. The van der Waals surface area contributed by atoms with Gasteiger partial charge in [-0.25, -0.2) is 0 Å². The monoisotopic (exact) mass is 564 g/mol. The van der Waals surface area contributed by atoms with Crippen LogP contribution in [0.25, 0.3) is 66.1 Å².